The molecule has 2 aromatic heterocycles. The molecule has 1 N–H and O–H groups in total. The second kappa shape index (κ2) is 13.0. The number of halogens is 1. The number of ether oxygens (including phenoxy) is 1. The van der Waals surface area contributed by atoms with Gasteiger partial charge in [-0.1, -0.05) is 13.0 Å². The summed E-state index contributed by atoms with van der Waals surface area (Å²) in [6, 6.07) is 13.8. The molecule has 9 nitrogen and oxygen atoms in total. The highest BCUT2D eigenvalue weighted by Gasteiger charge is 2.25. The normalized spacial score (nSPS) is 12.8. The van der Waals surface area contributed by atoms with E-state index in [0.29, 0.717) is 35.2 Å². The zero-order chi connectivity index (χ0) is 29.6. The van der Waals surface area contributed by atoms with Crippen LogP contribution < -0.4 is 15.0 Å². The van der Waals surface area contributed by atoms with Crippen molar-refractivity contribution in [3.05, 3.63) is 83.8 Å². The van der Waals surface area contributed by atoms with Gasteiger partial charge in [0.15, 0.2) is 5.82 Å². The minimum atomic E-state index is -0.648. The average Bonchev–Trinajstić information content (AvgIpc) is 3.84. The van der Waals surface area contributed by atoms with Crippen LogP contribution in [0, 0.1) is 5.82 Å². The third-order valence-corrected chi connectivity index (χ3v) is 7.17. The van der Waals surface area contributed by atoms with E-state index in [1.807, 2.05) is 40.2 Å². The van der Waals surface area contributed by atoms with Crippen LogP contribution in [-0.4, -0.2) is 65.0 Å². The van der Waals surface area contributed by atoms with Crippen molar-refractivity contribution in [2.24, 2.45) is 0 Å². The summed E-state index contributed by atoms with van der Waals surface area (Å²) in [6.45, 7) is 3.73. The number of anilines is 2. The monoisotopic (exact) mass is 569 g/mol. The number of nitrogens with one attached hydrogen (secondary N) is 1. The summed E-state index contributed by atoms with van der Waals surface area (Å²) in [4.78, 5) is 35.0. The Hall–Kier alpha value is -4.44. The molecule has 0 spiro atoms. The van der Waals surface area contributed by atoms with Crippen LogP contribution in [0.15, 0.2) is 61.1 Å². The van der Waals surface area contributed by atoms with Gasteiger partial charge in [0.1, 0.15) is 23.7 Å². The maximum absolute atomic E-state index is 15.0. The fourth-order valence-corrected chi connectivity index (χ4v) is 4.72. The van der Waals surface area contributed by atoms with E-state index in [1.54, 1.807) is 18.3 Å². The highest BCUT2D eigenvalue weighted by Crippen LogP contribution is 2.42. The number of carbonyl (C=O) groups is 1. The highest BCUT2D eigenvalue weighted by molar-refractivity contribution is 6.06. The number of aryl methyl sites for hydroxylation is 1. The van der Waals surface area contributed by atoms with Crippen molar-refractivity contribution in [1.29, 1.82) is 0 Å². The third kappa shape index (κ3) is 7.06. The van der Waals surface area contributed by atoms with Gasteiger partial charge >= 0.3 is 0 Å². The highest BCUT2D eigenvalue weighted by atomic mass is 19.1. The van der Waals surface area contributed by atoms with Gasteiger partial charge in [-0.15, -0.1) is 0 Å². The lowest BCUT2D eigenvalue weighted by molar-refractivity contribution is 0.102. The molecule has 10 heteroatoms. The van der Waals surface area contributed by atoms with E-state index in [0.717, 1.165) is 38.0 Å². The van der Waals surface area contributed by atoms with Gasteiger partial charge in [0.25, 0.3) is 5.91 Å². The summed E-state index contributed by atoms with van der Waals surface area (Å²) in [7, 11) is 6.10. The van der Waals surface area contributed by atoms with E-state index < -0.39 is 11.7 Å². The zero-order valence-electron chi connectivity index (χ0n) is 24.5. The van der Waals surface area contributed by atoms with Gasteiger partial charge in [0.2, 0.25) is 5.88 Å². The van der Waals surface area contributed by atoms with E-state index >= 15 is 4.39 Å². The maximum atomic E-state index is 15.0. The molecule has 0 saturated heterocycles. The van der Waals surface area contributed by atoms with Crippen LogP contribution in [0.25, 0.3) is 11.4 Å². The van der Waals surface area contributed by atoms with Crippen LogP contribution in [0.3, 0.4) is 0 Å². The van der Waals surface area contributed by atoms with E-state index in [4.69, 9.17) is 4.74 Å². The molecule has 2 aromatic carbocycles. The largest absolute Gasteiger partial charge is 0.438 e. The molecule has 2 heterocycles. The van der Waals surface area contributed by atoms with Crippen molar-refractivity contribution >= 4 is 17.3 Å². The molecule has 1 amide bonds. The average molecular weight is 570 g/mol. The van der Waals surface area contributed by atoms with Crippen molar-refractivity contribution in [1.82, 2.24) is 24.8 Å². The van der Waals surface area contributed by atoms with Gasteiger partial charge in [0.05, 0.1) is 22.5 Å². The summed E-state index contributed by atoms with van der Waals surface area (Å²) in [5, 5.41) is 2.98. The summed E-state index contributed by atoms with van der Waals surface area (Å²) in [5.74, 6) is 0.867. The summed E-state index contributed by atoms with van der Waals surface area (Å²) >= 11 is 0. The summed E-state index contributed by atoms with van der Waals surface area (Å²) in [5.41, 5.74) is 3.16. The van der Waals surface area contributed by atoms with Crippen molar-refractivity contribution in [2.75, 3.05) is 44.4 Å². The van der Waals surface area contributed by atoms with Gasteiger partial charge in [0, 0.05) is 26.2 Å². The molecule has 42 heavy (non-hydrogen) atoms. The van der Waals surface area contributed by atoms with Crippen LogP contribution in [-0.2, 0) is 6.42 Å². The van der Waals surface area contributed by atoms with Gasteiger partial charge in [-0.2, -0.15) is 0 Å². The predicted molar refractivity (Wildman–Crippen MR) is 162 cm³/mol. The van der Waals surface area contributed by atoms with Crippen LogP contribution >= 0.6 is 0 Å². The van der Waals surface area contributed by atoms with Gasteiger partial charge < -0.3 is 19.9 Å². The molecule has 1 aliphatic carbocycles. The Labute approximate surface area is 245 Å². The lowest BCUT2D eigenvalue weighted by Crippen LogP contribution is -2.25. The number of amides is 1. The number of carbonyl (C=O) groups excluding carboxylic acids is 1. The van der Waals surface area contributed by atoms with Crippen LogP contribution in [0.5, 0.6) is 11.6 Å². The van der Waals surface area contributed by atoms with E-state index in [-0.39, 0.29) is 17.2 Å². The molecule has 5 rings (SSSR count). The Morgan fingerprint density at radius 1 is 1.05 bits per heavy atom. The number of hydrogen-bond acceptors (Lipinski definition) is 8. The number of aromatic nitrogens is 4. The standard InChI is InChI=1S/C32H36FN7O2/c1-5-29-35-20-36-30(38-29)24-8-6-15-34-32(24)42-23-12-13-26(33)25(19-23)31(41)37-27-18-22(21-9-10-21)11-14-28(27)40(4)17-7-16-39(2)3/h6,8,11-15,18-21H,5,7,9-10,16-17H2,1-4H3,(H,37,41). The van der Waals surface area contributed by atoms with Crippen molar-refractivity contribution in [2.45, 2.75) is 38.5 Å². The molecule has 0 bridgehead atoms. The first-order valence-electron chi connectivity index (χ1n) is 14.2. The van der Waals surface area contributed by atoms with E-state index in [2.05, 4.69) is 41.1 Å². The number of rotatable bonds is 12. The van der Waals surface area contributed by atoms with Gasteiger partial charge in [-0.05, 0) is 93.8 Å². The second-order valence-corrected chi connectivity index (χ2v) is 10.8. The molecule has 4 aromatic rings. The molecule has 0 atom stereocenters. The predicted octanol–water partition coefficient (Wildman–Crippen LogP) is 5.95. The molecule has 0 unspecified atom stereocenters. The molecular weight excluding hydrogens is 533 g/mol. The first-order valence-corrected chi connectivity index (χ1v) is 14.2. The van der Waals surface area contributed by atoms with Gasteiger partial charge in [-0.25, -0.2) is 24.3 Å². The second-order valence-electron chi connectivity index (χ2n) is 10.8. The van der Waals surface area contributed by atoms with Crippen LogP contribution in [0.2, 0.25) is 0 Å². The van der Waals surface area contributed by atoms with Crippen molar-refractivity contribution in [3.63, 3.8) is 0 Å². The first kappa shape index (κ1) is 29.1. The SMILES string of the molecule is CCc1ncnc(-c2cccnc2Oc2ccc(F)c(C(=O)Nc3cc(C4CC4)ccc3N(C)CCCN(C)C)c2)n1. The topological polar surface area (TPSA) is 96.4 Å². The Morgan fingerprint density at radius 2 is 1.88 bits per heavy atom. The van der Waals surface area contributed by atoms with E-state index in [1.165, 1.54) is 30.1 Å². The molecule has 218 valence electrons. The summed E-state index contributed by atoms with van der Waals surface area (Å²) in [6.07, 6.45) is 6.93. The number of pyridine rings is 1. The number of nitrogens with zero attached hydrogens (tertiary/aromatic N) is 6. The molecule has 1 aliphatic rings. The lowest BCUT2D eigenvalue weighted by atomic mass is 10.1. The quantitative estimate of drug-likeness (QED) is 0.224. The Balaban J connectivity index is 1.39. The van der Waals surface area contributed by atoms with E-state index in [9.17, 15) is 4.79 Å². The molecule has 1 fully saturated rings. The Bertz CT molecular complexity index is 1560. The first-order chi connectivity index (χ1) is 20.3. The fourth-order valence-electron chi connectivity index (χ4n) is 4.72. The maximum Gasteiger partial charge on any atom is 0.258 e. The smallest absolute Gasteiger partial charge is 0.258 e. The van der Waals surface area contributed by atoms with Crippen molar-refractivity contribution < 1.29 is 13.9 Å². The van der Waals surface area contributed by atoms with Gasteiger partial charge in [-0.3, -0.25) is 4.79 Å². The minimum absolute atomic E-state index is 0.128. The molecule has 0 radical (unpaired) electrons. The number of hydrogen-bond donors (Lipinski definition) is 1. The number of benzene rings is 2. The molecule has 1 saturated carbocycles. The minimum Gasteiger partial charge on any atom is -0.438 e. The van der Waals surface area contributed by atoms with Crippen LogP contribution in [0.1, 0.15) is 53.8 Å². The lowest BCUT2D eigenvalue weighted by Gasteiger charge is -2.24. The fraction of sp³-hybridized carbons (Fsp3) is 0.344. The Morgan fingerprint density at radius 3 is 2.64 bits per heavy atom. The third-order valence-electron chi connectivity index (χ3n) is 7.17. The Kier molecular flexibility index (Phi) is 9.02. The zero-order valence-corrected chi connectivity index (χ0v) is 24.5. The summed E-state index contributed by atoms with van der Waals surface area (Å²) < 4.78 is 21.1. The molecular formula is C32H36FN7O2. The van der Waals surface area contributed by atoms with Crippen molar-refractivity contribution in [3.8, 4) is 23.0 Å². The van der Waals surface area contributed by atoms with Crippen LogP contribution in [0.4, 0.5) is 15.8 Å². The molecule has 0 aliphatic heterocycles.